The van der Waals surface area contributed by atoms with Gasteiger partial charge in [-0.15, -0.1) is 0 Å². The Kier molecular flexibility index (Phi) is 19.5. The summed E-state index contributed by atoms with van der Waals surface area (Å²) in [6.45, 7) is -3.68. The van der Waals surface area contributed by atoms with Crippen molar-refractivity contribution in [3.63, 3.8) is 0 Å². The van der Waals surface area contributed by atoms with E-state index in [1.54, 1.807) is 0 Å². The van der Waals surface area contributed by atoms with Gasteiger partial charge in [-0.25, -0.2) is 0 Å². The smallest absolute Gasteiger partial charge is 0.302 e. The molecule has 6 unspecified atom stereocenters. The Morgan fingerprint density at radius 3 is 0.625 bits per heavy atom. The van der Waals surface area contributed by atoms with Crippen molar-refractivity contribution in [1.29, 1.82) is 0 Å². The van der Waals surface area contributed by atoms with E-state index in [0.717, 1.165) is 13.8 Å². The van der Waals surface area contributed by atoms with Crippen molar-refractivity contribution in [1.82, 2.24) is 0 Å². The van der Waals surface area contributed by atoms with Gasteiger partial charge in [0.25, 0.3) is 0 Å². The fourth-order valence-corrected chi connectivity index (χ4v) is 9.30. The molecule has 22 rings (SSSR count). The molecule has 0 aromatic rings. The Morgan fingerprint density at radius 2 is 0.458 bits per heavy atom. The third kappa shape index (κ3) is 11.9. The molecule has 72 heavy (non-hydrogen) atoms. The van der Waals surface area contributed by atoms with Crippen LogP contribution in [0.1, 0.15) is 13.8 Å². The van der Waals surface area contributed by atoms with Crippen LogP contribution in [0.25, 0.3) is 0 Å². The molecular weight excluding hydrogens is 992 g/mol. The fourth-order valence-electron chi connectivity index (χ4n) is 9.30. The van der Waals surface area contributed by atoms with E-state index in [0.29, 0.717) is 0 Å². The van der Waals surface area contributed by atoms with Crippen LogP contribution in [-0.4, -0.2) is 318 Å². The molecule has 416 valence electrons. The van der Waals surface area contributed by atoms with Gasteiger partial charge < -0.3 is 148 Å². The number of rotatable bonds is 8. The summed E-state index contributed by atoms with van der Waals surface area (Å²) in [5.74, 6) is -1.79. The zero-order valence-electron chi connectivity index (χ0n) is 38.3. The second-order valence-electron chi connectivity index (χ2n) is 18.1. The van der Waals surface area contributed by atoms with Gasteiger partial charge in [0.15, 0.2) is 37.7 Å². The average Bonchev–Trinajstić information content (AvgIpc) is 3.35. The molecule has 0 radical (unpaired) electrons. The molecule has 16 N–H and O–H groups in total. The van der Waals surface area contributed by atoms with Crippen LogP contribution >= 0.6 is 0 Å². The Bertz CT molecular complexity index is 1730. The number of ether oxygens (including phenoxy) is 14. The molecule has 0 saturated carbocycles. The average molecular weight is 1060 g/mol. The molecule has 0 aromatic carbocycles. The molecule has 22 fully saturated rings. The van der Waals surface area contributed by atoms with Crippen molar-refractivity contribution in [2.24, 2.45) is 0 Å². The summed E-state index contributed by atoms with van der Waals surface area (Å²) >= 11 is 0. The molecule has 0 aromatic heterocycles. The largest absolute Gasteiger partial charge is 0.463 e. The summed E-state index contributed by atoms with van der Waals surface area (Å²) in [5, 5.41) is 177. The lowest BCUT2D eigenvalue weighted by atomic mass is 9.94. The van der Waals surface area contributed by atoms with Crippen molar-refractivity contribution < 1.29 is 158 Å². The van der Waals surface area contributed by atoms with E-state index >= 15 is 0 Å². The Morgan fingerprint density at radius 1 is 0.292 bits per heavy atom. The van der Waals surface area contributed by atoms with Gasteiger partial charge in [-0.2, -0.15) is 0 Å². The summed E-state index contributed by atoms with van der Waals surface area (Å²) in [5.41, 5.74) is 0. The van der Waals surface area contributed by atoms with Crippen LogP contribution in [0.4, 0.5) is 0 Å². The maximum atomic E-state index is 12.0. The molecule has 0 spiro atoms. The van der Waals surface area contributed by atoms with Crippen LogP contribution in [0.3, 0.4) is 0 Å². The van der Waals surface area contributed by atoms with E-state index in [2.05, 4.69) is 0 Å². The highest BCUT2D eigenvalue weighted by Crippen LogP contribution is 2.38. The van der Waals surface area contributed by atoms with Crippen LogP contribution in [0.15, 0.2) is 0 Å². The third-order valence-corrected chi connectivity index (χ3v) is 13.2. The van der Waals surface area contributed by atoms with Crippen molar-refractivity contribution in [2.45, 2.75) is 198 Å². The van der Waals surface area contributed by atoms with Crippen LogP contribution in [0.5, 0.6) is 0 Å². The summed E-state index contributed by atoms with van der Waals surface area (Å²) in [6, 6.07) is 0. The number of hydrogen-bond donors (Lipinski definition) is 16. The molecule has 22 aliphatic heterocycles. The molecule has 32 heteroatoms. The zero-order chi connectivity index (χ0) is 52.6. The monoisotopic (exact) mass is 1060 g/mol. The lowest BCUT2D eigenvalue weighted by Gasteiger charge is -2.50. The Balaban J connectivity index is 1.22. The molecule has 22 aliphatic rings. The van der Waals surface area contributed by atoms with Crippen LogP contribution in [0, 0.1) is 0 Å². The predicted octanol–water partition coefficient (Wildman–Crippen LogP) is -11.9. The van der Waals surface area contributed by atoms with Gasteiger partial charge in [0.1, 0.15) is 160 Å². The quantitative estimate of drug-likeness (QED) is 0.100. The van der Waals surface area contributed by atoms with Gasteiger partial charge in [0.2, 0.25) is 0 Å². The molecule has 22 saturated heterocycles. The standard InChI is InChI=1S/C40H64O32/c1-9(45)59-7-15-33-22(52)28(58)40(66-15)72-34-16(8-60-10(2)46)65-39(27(57)21(34)51)70-32-14(6-44)63-37(25(55)19(32)49)68-30-12(4-42)61-35(23(53)17(30)47)67-29-11(3-41)62-36(24(54)18(29)48)69-31-13(5-43)64-38(71-33)26(56)20(31)50/h11-44,47-58H,3-8H2,1-2H3/t11-,12-,13-,14-,15-,16-,17-,18-,19-,20-,21-,22-,23-,24-,25-,26-,27-,28-,29-,30-,31-,32-,33-,34-,35?,36?,37?,38?,39?,40?/m1/s1. The topological polar surface area (TPSA) is 487 Å². The fraction of sp³-hybridized carbons (Fsp3) is 0.950. The third-order valence-electron chi connectivity index (χ3n) is 13.2. The highest BCUT2D eigenvalue weighted by atomic mass is 16.8. The molecule has 22 heterocycles. The first-order valence-corrected chi connectivity index (χ1v) is 22.9. The first-order valence-electron chi connectivity index (χ1n) is 22.9. The first-order chi connectivity index (χ1) is 34.1. The van der Waals surface area contributed by atoms with Crippen molar-refractivity contribution >= 4 is 11.9 Å². The normalized spacial score (nSPS) is 51.5. The van der Waals surface area contributed by atoms with Gasteiger partial charge in [-0.05, 0) is 0 Å². The molecule has 30 atom stereocenters. The van der Waals surface area contributed by atoms with E-state index in [4.69, 9.17) is 66.3 Å². The van der Waals surface area contributed by atoms with Crippen molar-refractivity contribution in [3.05, 3.63) is 0 Å². The van der Waals surface area contributed by atoms with Gasteiger partial charge in [-0.1, -0.05) is 0 Å². The summed E-state index contributed by atoms with van der Waals surface area (Å²) in [4.78, 5) is 24.0. The van der Waals surface area contributed by atoms with E-state index in [1.165, 1.54) is 0 Å². The summed E-state index contributed by atoms with van der Waals surface area (Å²) < 4.78 is 79.1. The maximum absolute atomic E-state index is 12.0. The summed E-state index contributed by atoms with van der Waals surface area (Å²) in [7, 11) is 0. The molecule has 32 nitrogen and oxygen atoms in total. The van der Waals surface area contributed by atoms with E-state index < -0.39 is 236 Å². The predicted molar refractivity (Wildman–Crippen MR) is 215 cm³/mol. The molecule has 12 bridgehead atoms. The first kappa shape index (κ1) is 57.5. The maximum Gasteiger partial charge on any atom is 0.302 e. The lowest BCUT2D eigenvalue weighted by molar-refractivity contribution is -0.404. The number of esters is 2. The van der Waals surface area contributed by atoms with E-state index in [1.807, 2.05) is 0 Å². The number of carbonyl (C=O) groups excluding carboxylic acids is 2. The summed E-state index contributed by atoms with van der Waals surface area (Å²) in [6.07, 6.45) is -59.7. The second-order valence-corrected chi connectivity index (χ2v) is 18.1. The molecule has 0 aliphatic carbocycles. The van der Waals surface area contributed by atoms with E-state index in [9.17, 15) is 91.3 Å². The second kappa shape index (κ2) is 24.4. The number of aliphatic hydroxyl groups excluding tert-OH is 16. The lowest BCUT2D eigenvalue weighted by Crippen LogP contribution is -2.69. The van der Waals surface area contributed by atoms with Gasteiger partial charge >= 0.3 is 11.9 Å². The zero-order valence-corrected chi connectivity index (χ0v) is 38.3. The van der Waals surface area contributed by atoms with Gasteiger partial charge in [0, 0.05) is 13.8 Å². The SMILES string of the molecule is CC(=O)OC[C@H]1OC2O[C@H]3[C@H](O)[C@@H](O)C(O[C@H]4[C@H](O)[C@@H](O)C(O[C@H]5[C@H](O)[C@@H](O)C(O[C@H]6[C@H](O)[C@@H](O)C(O[C@H]7[C@H](O)[C@@H](O)C(O[C@H]1[C@H](O)[C@H]2O)O[C@@H]7CO)O[C@@H]6CO)O[C@@H]5CO)O[C@@H]4CO)O[C@@H]3COC(C)=O. The minimum atomic E-state index is -2.22. The Labute approximate surface area is 407 Å². The van der Waals surface area contributed by atoms with E-state index in [-0.39, 0.29) is 0 Å². The van der Waals surface area contributed by atoms with Crippen molar-refractivity contribution in [2.75, 3.05) is 39.6 Å². The van der Waals surface area contributed by atoms with Gasteiger partial charge in [0.05, 0.1) is 26.4 Å². The van der Waals surface area contributed by atoms with Gasteiger partial charge in [-0.3, -0.25) is 9.59 Å². The van der Waals surface area contributed by atoms with Crippen LogP contribution in [-0.2, 0) is 75.9 Å². The minimum Gasteiger partial charge on any atom is -0.463 e. The highest BCUT2D eigenvalue weighted by molar-refractivity contribution is 5.66. The highest BCUT2D eigenvalue weighted by Gasteiger charge is 2.59. The number of hydrogen-bond acceptors (Lipinski definition) is 32. The molecular formula is C40H64O32. The number of aliphatic hydroxyl groups is 16. The molecule has 0 amide bonds. The minimum absolute atomic E-state index is 0.788. The van der Waals surface area contributed by atoms with Crippen LogP contribution < -0.4 is 0 Å². The van der Waals surface area contributed by atoms with Crippen LogP contribution in [0.2, 0.25) is 0 Å². The Hall–Kier alpha value is -2.18. The number of carbonyl (C=O) groups is 2. The van der Waals surface area contributed by atoms with Crippen molar-refractivity contribution in [3.8, 4) is 0 Å².